The number of methoxy groups -OCH3 is 1. The van der Waals surface area contributed by atoms with Crippen molar-refractivity contribution in [1.29, 1.82) is 0 Å². The van der Waals surface area contributed by atoms with E-state index in [2.05, 4.69) is 17.4 Å². The zero-order valence-corrected chi connectivity index (χ0v) is 12.7. The molecule has 22 heavy (non-hydrogen) atoms. The fourth-order valence-corrected chi connectivity index (χ4v) is 2.91. The number of benzene rings is 2. The van der Waals surface area contributed by atoms with Gasteiger partial charge in [0.15, 0.2) is 0 Å². The lowest BCUT2D eigenvalue weighted by molar-refractivity contribution is -0.143. The van der Waals surface area contributed by atoms with Crippen LogP contribution in [-0.4, -0.2) is 32.3 Å². The highest BCUT2D eigenvalue weighted by atomic mass is 16.5. The first kappa shape index (κ1) is 15.0. The average molecular weight is 299 g/mol. The summed E-state index contributed by atoms with van der Waals surface area (Å²) in [6.07, 6.45) is 2.03. The predicted octanol–water partition coefficient (Wildman–Crippen LogP) is 2.82. The van der Waals surface area contributed by atoms with E-state index >= 15 is 0 Å². The molecule has 1 N–H and O–H groups in total. The van der Waals surface area contributed by atoms with E-state index in [1.807, 2.05) is 30.3 Å². The summed E-state index contributed by atoms with van der Waals surface area (Å²) in [5, 5.41) is 5.67. The van der Waals surface area contributed by atoms with Gasteiger partial charge in [0, 0.05) is 12.6 Å². The third-order valence-electron chi connectivity index (χ3n) is 4.11. The Labute approximate surface area is 130 Å². The summed E-state index contributed by atoms with van der Waals surface area (Å²) >= 11 is 0. The smallest absolute Gasteiger partial charge is 0.327 e. The number of hydrogen-bond acceptors (Lipinski definition) is 4. The number of carbonyl (C=O) groups is 1. The van der Waals surface area contributed by atoms with Crippen LogP contribution in [0.4, 0.5) is 0 Å². The molecule has 0 amide bonds. The zero-order valence-electron chi connectivity index (χ0n) is 12.7. The number of nitrogens with one attached hydrogen (secondary N) is 1. The standard InChI is InChI=1S/C18H21NO3/c1-21-18(20)17(19-16-7-4-10-22-12-16)15-9-8-13-5-2-3-6-14(13)11-15/h2-3,5-6,8-9,11,16-17,19H,4,7,10,12H2,1H3/t16-,17-/m1/s1. The summed E-state index contributed by atoms with van der Waals surface area (Å²) in [5.74, 6) is -0.263. The van der Waals surface area contributed by atoms with Gasteiger partial charge in [0.2, 0.25) is 0 Å². The molecule has 2 aromatic carbocycles. The van der Waals surface area contributed by atoms with Gasteiger partial charge in [-0.1, -0.05) is 36.4 Å². The molecule has 1 heterocycles. The quantitative estimate of drug-likeness (QED) is 0.882. The number of rotatable bonds is 4. The summed E-state index contributed by atoms with van der Waals surface area (Å²) in [6, 6.07) is 13.9. The SMILES string of the molecule is COC(=O)[C@H](N[C@@H]1CCCOC1)c1ccc2ccccc2c1. The van der Waals surface area contributed by atoms with Gasteiger partial charge in [0.05, 0.1) is 13.7 Å². The van der Waals surface area contributed by atoms with E-state index in [1.54, 1.807) is 0 Å². The maximum atomic E-state index is 12.2. The molecule has 1 aliphatic heterocycles. The Morgan fingerprint density at radius 1 is 1.27 bits per heavy atom. The van der Waals surface area contributed by atoms with Gasteiger partial charge in [-0.3, -0.25) is 5.32 Å². The highest BCUT2D eigenvalue weighted by Gasteiger charge is 2.26. The molecule has 0 aliphatic carbocycles. The maximum Gasteiger partial charge on any atom is 0.327 e. The molecule has 116 valence electrons. The van der Waals surface area contributed by atoms with Gasteiger partial charge in [-0.25, -0.2) is 4.79 Å². The van der Waals surface area contributed by atoms with E-state index in [9.17, 15) is 4.79 Å². The number of carbonyl (C=O) groups excluding carboxylic acids is 1. The fourth-order valence-electron chi connectivity index (χ4n) is 2.91. The predicted molar refractivity (Wildman–Crippen MR) is 85.7 cm³/mol. The van der Waals surface area contributed by atoms with Crippen LogP contribution in [0.3, 0.4) is 0 Å². The van der Waals surface area contributed by atoms with Crippen molar-refractivity contribution in [2.24, 2.45) is 0 Å². The van der Waals surface area contributed by atoms with Crippen LogP contribution >= 0.6 is 0 Å². The molecule has 4 heteroatoms. The molecule has 0 saturated carbocycles. The molecule has 1 aliphatic rings. The van der Waals surface area contributed by atoms with Crippen LogP contribution in [0.25, 0.3) is 10.8 Å². The van der Waals surface area contributed by atoms with Crippen LogP contribution in [0.1, 0.15) is 24.4 Å². The summed E-state index contributed by atoms with van der Waals surface area (Å²) in [7, 11) is 1.43. The summed E-state index contributed by atoms with van der Waals surface area (Å²) in [6.45, 7) is 1.44. The summed E-state index contributed by atoms with van der Waals surface area (Å²) in [5.41, 5.74) is 0.927. The summed E-state index contributed by atoms with van der Waals surface area (Å²) in [4.78, 5) is 12.2. The molecule has 4 nitrogen and oxygen atoms in total. The lowest BCUT2D eigenvalue weighted by atomic mass is 10.00. The Kier molecular flexibility index (Phi) is 4.71. The Bertz CT molecular complexity index is 650. The second kappa shape index (κ2) is 6.90. The normalized spacial score (nSPS) is 19.8. The van der Waals surface area contributed by atoms with Gasteiger partial charge in [0.25, 0.3) is 0 Å². The van der Waals surface area contributed by atoms with E-state index in [-0.39, 0.29) is 12.0 Å². The minimum absolute atomic E-state index is 0.185. The van der Waals surface area contributed by atoms with Crippen molar-refractivity contribution in [1.82, 2.24) is 5.32 Å². The number of hydrogen-bond donors (Lipinski definition) is 1. The first-order valence-corrected chi connectivity index (χ1v) is 7.68. The molecule has 2 aromatic rings. The molecular weight excluding hydrogens is 278 g/mol. The van der Waals surface area contributed by atoms with Crippen LogP contribution < -0.4 is 5.32 Å². The van der Waals surface area contributed by atoms with Crippen LogP contribution in [0.2, 0.25) is 0 Å². The van der Waals surface area contributed by atoms with Crippen molar-refractivity contribution in [3.8, 4) is 0 Å². The molecule has 0 aromatic heterocycles. The Hall–Kier alpha value is -1.91. The first-order valence-electron chi connectivity index (χ1n) is 7.68. The van der Waals surface area contributed by atoms with Crippen LogP contribution in [0.15, 0.2) is 42.5 Å². The van der Waals surface area contributed by atoms with E-state index in [1.165, 1.54) is 7.11 Å². The second-order valence-corrected chi connectivity index (χ2v) is 5.64. The van der Waals surface area contributed by atoms with Gasteiger partial charge in [0.1, 0.15) is 6.04 Å². The third-order valence-corrected chi connectivity index (χ3v) is 4.11. The highest BCUT2D eigenvalue weighted by molar-refractivity contribution is 5.85. The fraction of sp³-hybridized carbons (Fsp3) is 0.389. The molecule has 2 atom stereocenters. The molecule has 0 radical (unpaired) electrons. The molecule has 3 rings (SSSR count). The topological polar surface area (TPSA) is 47.6 Å². The van der Waals surface area contributed by atoms with Crippen molar-refractivity contribution < 1.29 is 14.3 Å². The molecule has 1 fully saturated rings. The second-order valence-electron chi connectivity index (χ2n) is 5.64. The van der Waals surface area contributed by atoms with Crippen molar-refractivity contribution in [2.45, 2.75) is 24.9 Å². The number of esters is 1. The first-order chi connectivity index (χ1) is 10.8. The van der Waals surface area contributed by atoms with Crippen LogP contribution in [-0.2, 0) is 14.3 Å². The van der Waals surface area contributed by atoms with Gasteiger partial charge in [-0.15, -0.1) is 0 Å². The zero-order chi connectivity index (χ0) is 15.4. The Morgan fingerprint density at radius 3 is 2.82 bits per heavy atom. The van der Waals surface area contributed by atoms with Crippen molar-refractivity contribution >= 4 is 16.7 Å². The van der Waals surface area contributed by atoms with E-state index in [0.717, 1.165) is 35.8 Å². The minimum Gasteiger partial charge on any atom is -0.468 e. The molecule has 0 unspecified atom stereocenters. The van der Waals surface area contributed by atoms with Crippen molar-refractivity contribution in [2.75, 3.05) is 20.3 Å². The molecule has 0 bridgehead atoms. The summed E-state index contributed by atoms with van der Waals surface area (Å²) < 4.78 is 10.5. The van der Waals surface area contributed by atoms with E-state index < -0.39 is 6.04 Å². The monoisotopic (exact) mass is 299 g/mol. The minimum atomic E-state index is -0.457. The van der Waals surface area contributed by atoms with Gasteiger partial charge < -0.3 is 9.47 Å². The Morgan fingerprint density at radius 2 is 2.09 bits per heavy atom. The lowest BCUT2D eigenvalue weighted by Gasteiger charge is -2.27. The van der Waals surface area contributed by atoms with E-state index in [4.69, 9.17) is 9.47 Å². The lowest BCUT2D eigenvalue weighted by Crippen LogP contribution is -2.42. The number of fused-ring (bicyclic) bond motifs is 1. The number of ether oxygens (including phenoxy) is 2. The molecule has 0 spiro atoms. The van der Waals surface area contributed by atoms with Crippen molar-refractivity contribution in [3.63, 3.8) is 0 Å². The highest BCUT2D eigenvalue weighted by Crippen LogP contribution is 2.23. The van der Waals surface area contributed by atoms with Crippen LogP contribution in [0.5, 0.6) is 0 Å². The average Bonchev–Trinajstić information content (AvgIpc) is 2.59. The van der Waals surface area contributed by atoms with Gasteiger partial charge >= 0.3 is 5.97 Å². The maximum absolute atomic E-state index is 12.2. The van der Waals surface area contributed by atoms with Crippen molar-refractivity contribution in [3.05, 3.63) is 48.0 Å². The van der Waals surface area contributed by atoms with Crippen LogP contribution in [0, 0.1) is 0 Å². The van der Waals surface area contributed by atoms with Gasteiger partial charge in [-0.2, -0.15) is 0 Å². The van der Waals surface area contributed by atoms with E-state index in [0.29, 0.717) is 6.61 Å². The Balaban J connectivity index is 1.87. The molecular formula is C18H21NO3. The largest absolute Gasteiger partial charge is 0.468 e. The molecule has 1 saturated heterocycles. The van der Waals surface area contributed by atoms with Gasteiger partial charge in [-0.05, 0) is 35.2 Å². The third kappa shape index (κ3) is 3.29.